The van der Waals surface area contributed by atoms with E-state index < -0.39 is 0 Å². The minimum atomic E-state index is -0.0288. The third-order valence-corrected chi connectivity index (χ3v) is 4.98. The Morgan fingerprint density at radius 2 is 1.71 bits per heavy atom. The number of benzene rings is 2. The van der Waals surface area contributed by atoms with Crippen LogP contribution in [0.4, 0.5) is 0 Å². The topological polar surface area (TPSA) is 41.6 Å². The number of amides is 1. The van der Waals surface area contributed by atoms with Crippen LogP contribution < -0.4 is 5.32 Å². The van der Waals surface area contributed by atoms with Gasteiger partial charge in [0.15, 0.2) is 0 Å². The van der Waals surface area contributed by atoms with Gasteiger partial charge in [0.1, 0.15) is 0 Å². The summed E-state index contributed by atoms with van der Waals surface area (Å²) in [6, 6.07) is 18.6. The van der Waals surface area contributed by atoms with Gasteiger partial charge < -0.3 is 10.1 Å². The van der Waals surface area contributed by atoms with Crippen molar-refractivity contribution in [2.24, 2.45) is 0 Å². The molecule has 1 atom stereocenters. The van der Waals surface area contributed by atoms with E-state index in [0.29, 0.717) is 24.8 Å². The molecular weight excluding hydrogens is 348 g/mol. The second kappa shape index (κ2) is 11.6. The van der Waals surface area contributed by atoms with Gasteiger partial charge in [0.2, 0.25) is 0 Å². The van der Waals surface area contributed by atoms with Crippen molar-refractivity contribution in [2.45, 2.75) is 52.8 Å². The molecule has 4 heteroatoms. The number of hydrogen-bond donors (Lipinski definition) is 1. The zero-order valence-electron chi connectivity index (χ0n) is 17.7. The van der Waals surface area contributed by atoms with E-state index in [4.69, 9.17) is 4.74 Å². The van der Waals surface area contributed by atoms with Gasteiger partial charge in [-0.05, 0) is 57.0 Å². The molecule has 0 radical (unpaired) electrons. The van der Waals surface area contributed by atoms with Crippen molar-refractivity contribution < 1.29 is 9.53 Å². The summed E-state index contributed by atoms with van der Waals surface area (Å²) in [5.41, 5.74) is 3.11. The Morgan fingerprint density at radius 3 is 2.32 bits per heavy atom. The third-order valence-electron chi connectivity index (χ3n) is 4.98. The summed E-state index contributed by atoms with van der Waals surface area (Å²) in [5, 5.41) is 2.97. The van der Waals surface area contributed by atoms with Crippen molar-refractivity contribution in [3.63, 3.8) is 0 Å². The Morgan fingerprint density at radius 1 is 1.04 bits per heavy atom. The van der Waals surface area contributed by atoms with Gasteiger partial charge in [0, 0.05) is 31.3 Å². The van der Waals surface area contributed by atoms with Crippen LogP contribution in [0.3, 0.4) is 0 Å². The smallest absolute Gasteiger partial charge is 0.251 e. The number of rotatable bonds is 11. The molecule has 152 valence electrons. The summed E-state index contributed by atoms with van der Waals surface area (Å²) >= 11 is 0. The van der Waals surface area contributed by atoms with E-state index in [-0.39, 0.29) is 12.0 Å². The van der Waals surface area contributed by atoms with Crippen LogP contribution >= 0.6 is 0 Å². The molecule has 0 fully saturated rings. The Balaban J connectivity index is 1.70. The van der Waals surface area contributed by atoms with Crippen LogP contribution in [-0.4, -0.2) is 36.5 Å². The molecule has 2 aromatic carbocycles. The highest BCUT2D eigenvalue weighted by molar-refractivity contribution is 5.94. The van der Waals surface area contributed by atoms with Gasteiger partial charge >= 0.3 is 0 Å². The average molecular weight is 383 g/mol. The van der Waals surface area contributed by atoms with Crippen LogP contribution in [0, 0.1) is 0 Å². The van der Waals surface area contributed by atoms with Crippen LogP contribution in [0.2, 0.25) is 0 Å². The molecule has 4 nitrogen and oxygen atoms in total. The number of carbonyl (C=O) groups excluding carboxylic acids is 1. The molecule has 0 spiro atoms. The third kappa shape index (κ3) is 7.10. The zero-order chi connectivity index (χ0) is 20.4. The first-order chi connectivity index (χ1) is 13.5. The van der Waals surface area contributed by atoms with E-state index in [1.165, 1.54) is 11.1 Å². The lowest BCUT2D eigenvalue weighted by atomic mass is 10.1. The van der Waals surface area contributed by atoms with Crippen LogP contribution in [0.5, 0.6) is 0 Å². The van der Waals surface area contributed by atoms with Gasteiger partial charge in [-0.2, -0.15) is 0 Å². The SMILES string of the molecule is CCN(Cc1ccc(C(=O)NCCCOC(C)c2ccccc2)cc1)C(C)C. The lowest BCUT2D eigenvalue weighted by molar-refractivity contribution is 0.0635. The zero-order valence-corrected chi connectivity index (χ0v) is 17.7. The van der Waals surface area contributed by atoms with E-state index in [0.717, 1.165) is 19.5 Å². The Bertz CT molecular complexity index is 698. The van der Waals surface area contributed by atoms with E-state index in [1.54, 1.807) is 0 Å². The van der Waals surface area contributed by atoms with Gasteiger partial charge in [-0.15, -0.1) is 0 Å². The highest BCUT2D eigenvalue weighted by Gasteiger charge is 2.09. The van der Waals surface area contributed by atoms with Crippen molar-refractivity contribution in [3.8, 4) is 0 Å². The molecule has 28 heavy (non-hydrogen) atoms. The van der Waals surface area contributed by atoms with E-state index in [1.807, 2.05) is 42.5 Å². The second-order valence-electron chi connectivity index (χ2n) is 7.39. The fourth-order valence-electron chi connectivity index (χ4n) is 3.11. The van der Waals surface area contributed by atoms with Gasteiger partial charge in [-0.25, -0.2) is 0 Å². The fraction of sp³-hybridized carbons (Fsp3) is 0.458. The maximum absolute atomic E-state index is 12.3. The number of nitrogens with one attached hydrogen (secondary N) is 1. The number of hydrogen-bond acceptors (Lipinski definition) is 3. The lowest BCUT2D eigenvalue weighted by Gasteiger charge is -2.24. The first kappa shape index (κ1) is 22.1. The maximum Gasteiger partial charge on any atom is 0.251 e. The number of ether oxygens (including phenoxy) is 1. The van der Waals surface area contributed by atoms with Gasteiger partial charge in [-0.1, -0.05) is 49.4 Å². The molecule has 2 rings (SSSR count). The van der Waals surface area contributed by atoms with Gasteiger partial charge in [0.25, 0.3) is 5.91 Å². The summed E-state index contributed by atoms with van der Waals surface area (Å²) in [6.07, 6.45) is 0.860. The van der Waals surface area contributed by atoms with Gasteiger partial charge in [0.05, 0.1) is 6.10 Å². The standard InChI is InChI=1S/C24H34N2O2/c1-5-26(19(2)3)18-21-12-14-23(15-13-21)24(27)25-16-9-17-28-20(4)22-10-7-6-8-11-22/h6-8,10-15,19-20H,5,9,16-18H2,1-4H3,(H,25,27). The monoisotopic (exact) mass is 382 g/mol. The number of carbonyl (C=O) groups is 1. The van der Waals surface area contributed by atoms with Crippen molar-refractivity contribution in [1.29, 1.82) is 0 Å². The molecule has 2 aromatic rings. The molecular formula is C24H34N2O2. The van der Waals surface area contributed by atoms with Crippen LogP contribution in [0.15, 0.2) is 54.6 Å². The second-order valence-corrected chi connectivity index (χ2v) is 7.39. The molecule has 1 amide bonds. The fourth-order valence-corrected chi connectivity index (χ4v) is 3.11. The average Bonchev–Trinajstić information content (AvgIpc) is 2.72. The molecule has 0 saturated carbocycles. The maximum atomic E-state index is 12.3. The summed E-state index contributed by atoms with van der Waals surface area (Å²) in [5.74, 6) is -0.0288. The Kier molecular flexibility index (Phi) is 9.18. The quantitative estimate of drug-likeness (QED) is 0.567. The largest absolute Gasteiger partial charge is 0.374 e. The number of nitrogens with zero attached hydrogens (tertiary/aromatic N) is 1. The normalized spacial score (nSPS) is 12.4. The van der Waals surface area contributed by atoms with Gasteiger partial charge in [-0.3, -0.25) is 9.69 Å². The van der Waals surface area contributed by atoms with Crippen molar-refractivity contribution in [2.75, 3.05) is 19.7 Å². The van der Waals surface area contributed by atoms with E-state index >= 15 is 0 Å². The highest BCUT2D eigenvalue weighted by Crippen LogP contribution is 2.15. The van der Waals surface area contributed by atoms with Crippen molar-refractivity contribution in [1.82, 2.24) is 10.2 Å². The van der Waals surface area contributed by atoms with Crippen LogP contribution in [0.25, 0.3) is 0 Å². The molecule has 0 aliphatic rings. The molecule has 1 N–H and O–H groups in total. The summed E-state index contributed by atoms with van der Waals surface area (Å²) in [7, 11) is 0. The summed E-state index contributed by atoms with van der Waals surface area (Å²) in [4.78, 5) is 14.7. The van der Waals surface area contributed by atoms with Crippen LogP contribution in [0.1, 0.15) is 61.7 Å². The molecule has 0 aromatic heterocycles. The minimum Gasteiger partial charge on any atom is -0.374 e. The predicted octanol–water partition coefficient (Wildman–Crippen LogP) is 4.81. The van der Waals surface area contributed by atoms with Crippen LogP contribution in [-0.2, 0) is 11.3 Å². The van der Waals surface area contributed by atoms with Crippen molar-refractivity contribution in [3.05, 3.63) is 71.3 Å². The van der Waals surface area contributed by atoms with E-state index in [9.17, 15) is 4.79 Å². The predicted molar refractivity (Wildman–Crippen MR) is 115 cm³/mol. The Hall–Kier alpha value is -2.17. The first-order valence-corrected chi connectivity index (χ1v) is 10.3. The first-order valence-electron chi connectivity index (χ1n) is 10.3. The summed E-state index contributed by atoms with van der Waals surface area (Å²) in [6.45, 7) is 11.8. The molecule has 1 unspecified atom stereocenters. The lowest BCUT2D eigenvalue weighted by Crippen LogP contribution is -2.30. The molecule has 0 saturated heterocycles. The molecule has 0 aliphatic carbocycles. The van der Waals surface area contributed by atoms with E-state index in [2.05, 4.69) is 50.0 Å². The molecule has 0 heterocycles. The Labute approximate surface area is 169 Å². The molecule has 0 aliphatic heterocycles. The highest BCUT2D eigenvalue weighted by atomic mass is 16.5. The molecule has 0 bridgehead atoms. The minimum absolute atomic E-state index is 0.0288. The van der Waals surface area contributed by atoms with Crippen molar-refractivity contribution >= 4 is 5.91 Å². The summed E-state index contributed by atoms with van der Waals surface area (Å²) < 4.78 is 5.84.